The Kier molecular flexibility index (Phi) is 12.0. The van der Waals surface area contributed by atoms with Gasteiger partial charge in [0.15, 0.2) is 0 Å². The summed E-state index contributed by atoms with van der Waals surface area (Å²) in [5.41, 5.74) is 11.1. The van der Waals surface area contributed by atoms with Crippen molar-refractivity contribution in [1.29, 1.82) is 0 Å². The Morgan fingerprint density at radius 3 is 1.76 bits per heavy atom. The molecule has 1 aliphatic heterocycles. The maximum atomic E-state index is 6.90. The van der Waals surface area contributed by atoms with Gasteiger partial charge in [-0.25, -0.2) is 4.98 Å². The molecule has 6 heteroatoms. The average Bonchev–Trinajstić information content (AvgIpc) is 3.83. The molecule has 330 valence electrons. The number of fused-ring (bicyclic) bond motifs is 3. The van der Waals surface area contributed by atoms with Gasteiger partial charge in [0, 0.05) is 50.0 Å². The number of nitrogens with zero attached hydrogens (tertiary/aromatic N) is 4. The van der Waals surface area contributed by atoms with Crippen LogP contribution in [0.25, 0.3) is 27.6 Å². The van der Waals surface area contributed by atoms with E-state index in [1.165, 1.54) is 33.2 Å². The van der Waals surface area contributed by atoms with Crippen molar-refractivity contribution in [2.24, 2.45) is 0 Å². The van der Waals surface area contributed by atoms with Gasteiger partial charge in [-0.05, 0) is 103 Å². The van der Waals surface area contributed by atoms with Crippen molar-refractivity contribution in [3.63, 3.8) is 0 Å². The molecule has 1 aliphatic rings. The van der Waals surface area contributed by atoms with E-state index < -0.39 is 0 Å². The summed E-state index contributed by atoms with van der Waals surface area (Å²) in [6.45, 7) is 33.9. The number of rotatable bonds is 7. The fourth-order valence-corrected chi connectivity index (χ4v) is 8.20. The Morgan fingerprint density at radius 1 is 0.508 bits per heavy atom. The van der Waals surface area contributed by atoms with Crippen molar-refractivity contribution in [2.75, 3.05) is 9.80 Å². The second-order valence-electron chi connectivity index (χ2n) is 21.8. The standard InChI is InChI=1S/C57H63N4O.Pt/c1-53(2,3)39-20-23-50-49(33-39)48-22-21-46(36-51(48)61(50)52-34-40(24-25-58-52)54(4,5)6)62-47-32-43(57(13,14)38-18-16-15-17-19-38)31-45(35-47)60-27-26-59(37-60)44-29-41(55(7,8)9)28-42(30-44)56(10,11)12;/h15-34,37H,1-14H3;/q-3;. The molecule has 0 unspecified atom stereocenters. The molecule has 0 N–H and O–H groups in total. The quantitative estimate of drug-likeness (QED) is 0.149. The van der Waals surface area contributed by atoms with Gasteiger partial charge in [-0.2, -0.15) is 6.07 Å². The van der Waals surface area contributed by atoms with E-state index in [0.717, 1.165) is 39.2 Å². The molecule has 2 aromatic heterocycles. The number of hydrogen-bond acceptors (Lipinski definition) is 4. The first-order valence-electron chi connectivity index (χ1n) is 22.0. The summed E-state index contributed by atoms with van der Waals surface area (Å²) in [6, 6.07) is 44.8. The second-order valence-corrected chi connectivity index (χ2v) is 21.8. The third kappa shape index (κ3) is 9.28. The maximum Gasteiger partial charge on any atom is 0.135 e. The third-order valence-corrected chi connectivity index (χ3v) is 12.5. The van der Waals surface area contributed by atoms with Crippen LogP contribution in [0.2, 0.25) is 0 Å². The van der Waals surface area contributed by atoms with Crippen LogP contribution in [0, 0.1) is 18.8 Å². The Morgan fingerprint density at radius 2 is 1.13 bits per heavy atom. The number of hydrogen-bond donors (Lipinski definition) is 0. The summed E-state index contributed by atoms with van der Waals surface area (Å²) in [5, 5.41) is 2.27. The van der Waals surface area contributed by atoms with E-state index in [1.54, 1.807) is 0 Å². The predicted octanol–water partition coefficient (Wildman–Crippen LogP) is 15.0. The minimum atomic E-state index is -0.330. The van der Waals surface area contributed by atoms with Gasteiger partial charge in [-0.15, -0.1) is 53.6 Å². The minimum Gasteiger partial charge on any atom is -0.509 e. The Labute approximate surface area is 391 Å². The van der Waals surface area contributed by atoms with Gasteiger partial charge in [0.25, 0.3) is 0 Å². The molecule has 63 heavy (non-hydrogen) atoms. The molecule has 8 rings (SSSR count). The fraction of sp³-hybridized carbons (Fsp3) is 0.333. The fourth-order valence-electron chi connectivity index (χ4n) is 8.20. The molecule has 0 fully saturated rings. The summed E-state index contributed by atoms with van der Waals surface area (Å²) < 4.78 is 9.13. The van der Waals surface area contributed by atoms with Crippen molar-refractivity contribution in [2.45, 2.75) is 124 Å². The summed E-state index contributed by atoms with van der Waals surface area (Å²) in [4.78, 5) is 9.29. The van der Waals surface area contributed by atoms with Gasteiger partial charge in [0.2, 0.25) is 0 Å². The topological polar surface area (TPSA) is 33.5 Å². The normalized spacial score (nSPS) is 13.9. The Bertz CT molecular complexity index is 2790. The first-order chi connectivity index (χ1) is 29.0. The molecule has 0 radical (unpaired) electrons. The van der Waals surface area contributed by atoms with E-state index in [1.807, 2.05) is 12.3 Å². The Balaban J connectivity index is 0.00000595. The van der Waals surface area contributed by atoms with Crippen LogP contribution in [0.15, 0.2) is 122 Å². The van der Waals surface area contributed by atoms with Gasteiger partial charge < -0.3 is 19.1 Å². The van der Waals surface area contributed by atoms with Crippen LogP contribution in [-0.4, -0.2) is 9.55 Å². The number of anilines is 2. The van der Waals surface area contributed by atoms with Crippen LogP contribution in [-0.2, 0) is 48.1 Å². The number of aromatic nitrogens is 2. The largest absolute Gasteiger partial charge is 0.509 e. The van der Waals surface area contributed by atoms with Crippen LogP contribution >= 0.6 is 0 Å². The van der Waals surface area contributed by atoms with E-state index in [0.29, 0.717) is 11.5 Å². The molecule has 0 amide bonds. The minimum absolute atomic E-state index is 0. The molecule has 5 aromatic carbocycles. The molecular weight excluding hydrogens is 952 g/mol. The number of pyridine rings is 1. The summed E-state index contributed by atoms with van der Waals surface area (Å²) >= 11 is 0. The number of benzene rings is 5. The smallest absolute Gasteiger partial charge is 0.135 e. The van der Waals surface area contributed by atoms with E-state index in [2.05, 4.69) is 240 Å². The molecule has 0 atom stereocenters. The summed E-state index contributed by atoms with van der Waals surface area (Å²) in [7, 11) is 0. The molecule has 3 heterocycles. The third-order valence-electron chi connectivity index (χ3n) is 12.5. The van der Waals surface area contributed by atoms with Gasteiger partial charge in [0.1, 0.15) is 5.82 Å². The van der Waals surface area contributed by atoms with Gasteiger partial charge in [-0.3, -0.25) is 0 Å². The molecule has 0 saturated carbocycles. The van der Waals surface area contributed by atoms with Crippen LogP contribution in [0.1, 0.15) is 130 Å². The van der Waals surface area contributed by atoms with Gasteiger partial charge in [0.05, 0.1) is 0 Å². The Hall–Kier alpha value is -5.12. The van der Waals surface area contributed by atoms with Crippen LogP contribution in [0.5, 0.6) is 11.5 Å². The zero-order chi connectivity index (χ0) is 44.6. The molecular formula is C57H63N4OPt-3. The van der Waals surface area contributed by atoms with E-state index >= 15 is 0 Å². The average molecular weight is 1020 g/mol. The van der Waals surface area contributed by atoms with Crippen molar-refractivity contribution < 1.29 is 25.8 Å². The zero-order valence-electron chi connectivity index (χ0n) is 39.6. The first kappa shape index (κ1) is 45.9. The molecule has 5 nitrogen and oxygen atoms in total. The second kappa shape index (κ2) is 16.5. The number of ether oxygens (including phenoxy) is 1. The van der Waals surface area contributed by atoms with Crippen molar-refractivity contribution >= 4 is 33.2 Å². The summed E-state index contributed by atoms with van der Waals surface area (Å²) in [6.07, 6.45) is 6.16. The molecule has 0 aliphatic carbocycles. The van der Waals surface area contributed by atoms with Crippen molar-refractivity contribution in [3.05, 3.63) is 174 Å². The predicted molar refractivity (Wildman–Crippen MR) is 261 cm³/mol. The molecule has 0 saturated heterocycles. The van der Waals surface area contributed by atoms with E-state index in [-0.39, 0.29) is 48.1 Å². The first-order valence-corrected chi connectivity index (χ1v) is 22.0. The van der Waals surface area contributed by atoms with Gasteiger partial charge in [-0.1, -0.05) is 151 Å². The zero-order valence-corrected chi connectivity index (χ0v) is 41.9. The van der Waals surface area contributed by atoms with Crippen LogP contribution in [0.3, 0.4) is 0 Å². The molecule has 7 aromatic rings. The maximum absolute atomic E-state index is 6.90. The molecule has 0 spiro atoms. The monoisotopic (exact) mass is 1010 g/mol. The van der Waals surface area contributed by atoms with Crippen LogP contribution < -0.4 is 14.5 Å². The van der Waals surface area contributed by atoms with Gasteiger partial charge >= 0.3 is 0 Å². The summed E-state index contributed by atoms with van der Waals surface area (Å²) in [5.74, 6) is 2.09. The van der Waals surface area contributed by atoms with E-state index in [9.17, 15) is 0 Å². The van der Waals surface area contributed by atoms with E-state index in [4.69, 9.17) is 9.72 Å². The molecule has 0 bridgehead atoms. The van der Waals surface area contributed by atoms with Crippen molar-refractivity contribution in [1.82, 2.24) is 9.55 Å². The SMILES string of the molecule is CC(C)(C)c1cc(N2C=CN(c3[c-]c(Oc4[c-]c5c(cc4)c4cc(C(C)(C)C)ccc4n5-c4cc(C(C)(C)C)ccn4)cc(C(C)(C)c4ccccc4)c3)[CH-]2)cc(C(C)(C)C)c1.[Pt]. The van der Waals surface area contributed by atoms with Crippen LogP contribution in [0.4, 0.5) is 11.4 Å². The van der Waals surface area contributed by atoms with Crippen molar-refractivity contribution in [3.8, 4) is 17.3 Å².